The molecule has 0 aliphatic heterocycles. The lowest BCUT2D eigenvalue weighted by Gasteiger charge is -2.10. The molecule has 2 aromatic heterocycles. The Morgan fingerprint density at radius 1 is 1.14 bits per heavy atom. The average molecular weight is 407 g/mol. The second kappa shape index (κ2) is 7.97. The molecule has 0 atom stereocenters. The molecule has 0 saturated carbocycles. The van der Waals surface area contributed by atoms with Crippen LogP contribution in [0.2, 0.25) is 0 Å². The fraction of sp³-hybridized carbons (Fsp3) is 0.182. The maximum Gasteiger partial charge on any atom is 0.228 e. The Hall–Kier alpha value is -3.32. The lowest BCUT2D eigenvalue weighted by atomic mass is 10.1. The van der Waals surface area contributed by atoms with Crippen LogP contribution in [0.25, 0.3) is 16.2 Å². The first-order valence-electron chi connectivity index (χ1n) is 9.12. The van der Waals surface area contributed by atoms with Crippen LogP contribution in [0.5, 0.6) is 11.5 Å². The quantitative estimate of drug-likeness (QED) is 0.509. The van der Waals surface area contributed by atoms with Crippen LogP contribution < -0.4 is 14.8 Å². The summed E-state index contributed by atoms with van der Waals surface area (Å²) in [5.74, 6) is 1.14. The van der Waals surface area contributed by atoms with E-state index >= 15 is 0 Å². The van der Waals surface area contributed by atoms with Crippen molar-refractivity contribution in [2.24, 2.45) is 0 Å². The smallest absolute Gasteiger partial charge is 0.228 e. The lowest BCUT2D eigenvalue weighted by Crippen LogP contribution is -2.14. The number of aryl methyl sites for hydroxylation is 1. The standard InChI is InChI=1S/C22H21N3O3S/c1-14-13-29-22-24-18(12-25(14)22)16-5-4-6-17(11-16)23-21(26)10-15-7-8-19(27-2)20(9-15)28-3/h4-9,11-13H,10H2,1-3H3,(H,23,26). The Balaban J connectivity index is 1.49. The monoisotopic (exact) mass is 407 g/mol. The second-order valence-corrected chi connectivity index (χ2v) is 7.49. The Labute approximate surface area is 172 Å². The van der Waals surface area contributed by atoms with E-state index in [1.165, 1.54) is 0 Å². The number of benzene rings is 2. The highest BCUT2D eigenvalue weighted by molar-refractivity contribution is 7.15. The Morgan fingerprint density at radius 2 is 1.97 bits per heavy atom. The van der Waals surface area contributed by atoms with E-state index in [1.54, 1.807) is 31.6 Å². The fourth-order valence-electron chi connectivity index (χ4n) is 3.17. The molecule has 4 aromatic rings. The number of aromatic nitrogens is 2. The zero-order valence-electron chi connectivity index (χ0n) is 16.4. The molecule has 7 heteroatoms. The van der Waals surface area contributed by atoms with Crippen molar-refractivity contribution in [1.82, 2.24) is 9.38 Å². The molecular weight excluding hydrogens is 386 g/mol. The van der Waals surface area contributed by atoms with Crippen LogP contribution in [0.1, 0.15) is 11.3 Å². The van der Waals surface area contributed by atoms with Gasteiger partial charge in [0.05, 0.1) is 26.3 Å². The third kappa shape index (κ3) is 3.95. The van der Waals surface area contributed by atoms with E-state index in [9.17, 15) is 4.79 Å². The zero-order valence-corrected chi connectivity index (χ0v) is 17.2. The third-order valence-corrected chi connectivity index (χ3v) is 5.60. The molecule has 2 aromatic carbocycles. The fourth-order valence-corrected chi connectivity index (χ4v) is 4.02. The van der Waals surface area contributed by atoms with Crippen LogP contribution in [0.4, 0.5) is 5.69 Å². The van der Waals surface area contributed by atoms with Gasteiger partial charge in [0.2, 0.25) is 5.91 Å². The first kappa shape index (κ1) is 19.0. The van der Waals surface area contributed by atoms with Crippen LogP contribution in [0.15, 0.2) is 54.0 Å². The van der Waals surface area contributed by atoms with Gasteiger partial charge in [-0.2, -0.15) is 0 Å². The molecule has 1 N–H and O–H groups in total. The molecule has 1 amide bonds. The lowest BCUT2D eigenvalue weighted by molar-refractivity contribution is -0.115. The van der Waals surface area contributed by atoms with E-state index in [0.717, 1.165) is 33.2 Å². The minimum atomic E-state index is -0.101. The number of carbonyl (C=O) groups excluding carboxylic acids is 1. The van der Waals surface area contributed by atoms with Crippen molar-refractivity contribution < 1.29 is 14.3 Å². The van der Waals surface area contributed by atoms with Crippen molar-refractivity contribution in [3.05, 3.63) is 65.3 Å². The molecule has 0 spiro atoms. The maximum atomic E-state index is 12.5. The van der Waals surface area contributed by atoms with Crippen LogP contribution in [-0.4, -0.2) is 29.5 Å². The van der Waals surface area contributed by atoms with Gasteiger partial charge in [0, 0.05) is 28.5 Å². The predicted octanol–water partition coefficient (Wildman–Crippen LogP) is 4.57. The van der Waals surface area contributed by atoms with Crippen LogP contribution in [-0.2, 0) is 11.2 Å². The average Bonchev–Trinajstić information content (AvgIpc) is 3.30. The number of anilines is 1. The van der Waals surface area contributed by atoms with Crippen molar-refractivity contribution in [3.8, 4) is 22.8 Å². The van der Waals surface area contributed by atoms with E-state index in [1.807, 2.05) is 42.6 Å². The minimum Gasteiger partial charge on any atom is -0.493 e. The van der Waals surface area contributed by atoms with Gasteiger partial charge in [0.15, 0.2) is 16.5 Å². The van der Waals surface area contributed by atoms with E-state index in [2.05, 4.69) is 27.0 Å². The molecule has 0 unspecified atom stereocenters. The van der Waals surface area contributed by atoms with E-state index in [4.69, 9.17) is 9.47 Å². The molecular formula is C22H21N3O3S. The normalized spacial score (nSPS) is 10.9. The topological polar surface area (TPSA) is 64.9 Å². The number of rotatable bonds is 6. The van der Waals surface area contributed by atoms with E-state index < -0.39 is 0 Å². The number of nitrogens with one attached hydrogen (secondary N) is 1. The Morgan fingerprint density at radius 3 is 2.72 bits per heavy atom. The summed E-state index contributed by atoms with van der Waals surface area (Å²) in [6.45, 7) is 2.06. The maximum absolute atomic E-state index is 12.5. The predicted molar refractivity (Wildman–Crippen MR) is 115 cm³/mol. The van der Waals surface area contributed by atoms with Crippen LogP contribution in [0, 0.1) is 6.92 Å². The SMILES string of the molecule is COc1ccc(CC(=O)Nc2cccc(-c3cn4c(C)csc4n3)c2)cc1OC. The number of imidazole rings is 1. The van der Waals surface area contributed by atoms with Gasteiger partial charge < -0.3 is 14.8 Å². The number of amides is 1. The highest BCUT2D eigenvalue weighted by Crippen LogP contribution is 2.28. The molecule has 0 fully saturated rings. The number of carbonyl (C=O) groups is 1. The Bertz CT molecular complexity index is 1180. The van der Waals surface area contributed by atoms with Crippen molar-refractivity contribution in [3.63, 3.8) is 0 Å². The van der Waals surface area contributed by atoms with Gasteiger partial charge in [-0.25, -0.2) is 4.98 Å². The van der Waals surface area contributed by atoms with Crippen LogP contribution >= 0.6 is 11.3 Å². The molecule has 2 heterocycles. The number of nitrogens with zero attached hydrogens (tertiary/aromatic N) is 2. The van der Waals surface area contributed by atoms with E-state index in [0.29, 0.717) is 11.5 Å². The summed E-state index contributed by atoms with van der Waals surface area (Å²) < 4.78 is 12.6. The number of methoxy groups -OCH3 is 2. The van der Waals surface area contributed by atoms with Crippen molar-refractivity contribution in [1.29, 1.82) is 0 Å². The number of fused-ring (bicyclic) bond motifs is 1. The molecule has 0 aliphatic carbocycles. The summed E-state index contributed by atoms with van der Waals surface area (Å²) in [6.07, 6.45) is 2.26. The summed E-state index contributed by atoms with van der Waals surface area (Å²) in [4.78, 5) is 18.2. The Kier molecular flexibility index (Phi) is 5.22. The van der Waals surface area contributed by atoms with Crippen molar-refractivity contribution >= 4 is 27.9 Å². The summed E-state index contributed by atoms with van der Waals surface area (Å²) in [7, 11) is 3.16. The van der Waals surface area contributed by atoms with Gasteiger partial charge in [-0.15, -0.1) is 11.3 Å². The molecule has 0 radical (unpaired) electrons. The van der Waals surface area contributed by atoms with E-state index in [-0.39, 0.29) is 12.3 Å². The molecule has 148 valence electrons. The van der Waals surface area contributed by atoms with Gasteiger partial charge >= 0.3 is 0 Å². The number of hydrogen-bond acceptors (Lipinski definition) is 5. The van der Waals surface area contributed by atoms with Gasteiger partial charge in [-0.3, -0.25) is 9.20 Å². The largest absolute Gasteiger partial charge is 0.493 e. The molecule has 0 aliphatic rings. The first-order valence-corrected chi connectivity index (χ1v) is 9.99. The summed E-state index contributed by atoms with van der Waals surface area (Å²) >= 11 is 1.61. The zero-order chi connectivity index (χ0) is 20.4. The molecule has 0 saturated heterocycles. The van der Waals surface area contributed by atoms with Crippen LogP contribution in [0.3, 0.4) is 0 Å². The first-order chi connectivity index (χ1) is 14.1. The van der Waals surface area contributed by atoms with Gasteiger partial charge in [0.25, 0.3) is 0 Å². The molecule has 29 heavy (non-hydrogen) atoms. The summed E-state index contributed by atoms with van der Waals surface area (Å²) in [6, 6.07) is 13.2. The third-order valence-electron chi connectivity index (χ3n) is 4.64. The minimum absolute atomic E-state index is 0.101. The number of thiazole rings is 1. The number of ether oxygens (including phenoxy) is 2. The van der Waals surface area contributed by atoms with Crippen molar-refractivity contribution in [2.45, 2.75) is 13.3 Å². The van der Waals surface area contributed by atoms with Crippen molar-refractivity contribution in [2.75, 3.05) is 19.5 Å². The second-order valence-electron chi connectivity index (χ2n) is 6.65. The highest BCUT2D eigenvalue weighted by Gasteiger charge is 2.11. The van der Waals surface area contributed by atoms with Gasteiger partial charge in [0.1, 0.15) is 0 Å². The highest BCUT2D eigenvalue weighted by atomic mass is 32.1. The molecule has 0 bridgehead atoms. The molecule has 4 rings (SSSR count). The number of hydrogen-bond donors (Lipinski definition) is 1. The van der Waals surface area contributed by atoms with Gasteiger partial charge in [-0.05, 0) is 36.8 Å². The summed E-state index contributed by atoms with van der Waals surface area (Å²) in [5, 5.41) is 5.04. The van der Waals surface area contributed by atoms with Gasteiger partial charge in [-0.1, -0.05) is 18.2 Å². The molecule has 6 nitrogen and oxygen atoms in total. The summed E-state index contributed by atoms with van der Waals surface area (Å²) in [5.41, 5.74) is 4.59.